The van der Waals surface area contributed by atoms with Gasteiger partial charge >= 0.3 is 0 Å². The van der Waals surface area contributed by atoms with Crippen LogP contribution >= 0.6 is 0 Å². The normalized spacial score (nSPS) is 10.6. The number of ketones is 1. The summed E-state index contributed by atoms with van der Waals surface area (Å²) in [6.45, 7) is 3.50. The number of benzene rings is 1. The summed E-state index contributed by atoms with van der Waals surface area (Å²) in [5.41, 5.74) is 1.92. The lowest BCUT2D eigenvalue weighted by Crippen LogP contribution is -1.85. The molecule has 1 heterocycles. The van der Waals surface area contributed by atoms with Gasteiger partial charge in [0.1, 0.15) is 5.58 Å². The topological polar surface area (TPSA) is 30.2 Å². The van der Waals surface area contributed by atoms with Gasteiger partial charge in [-0.25, -0.2) is 0 Å². The molecule has 2 nitrogen and oxygen atoms in total. The molecule has 0 radical (unpaired) electrons. The fourth-order valence-electron chi connectivity index (χ4n) is 1.31. The number of furan rings is 1. The van der Waals surface area contributed by atoms with Crippen LogP contribution in [0.4, 0.5) is 0 Å². The van der Waals surface area contributed by atoms with Crippen LogP contribution in [-0.4, -0.2) is 5.78 Å². The average molecular weight is 174 g/mol. The lowest BCUT2D eigenvalue weighted by molar-refractivity contribution is 0.0989. The zero-order valence-electron chi connectivity index (χ0n) is 7.63. The van der Waals surface area contributed by atoms with Gasteiger partial charge in [0.25, 0.3) is 0 Å². The lowest BCUT2D eigenvalue weighted by Gasteiger charge is -1.89. The number of rotatable bonds is 1. The molecule has 0 unspecified atom stereocenters. The summed E-state index contributed by atoms with van der Waals surface area (Å²) in [4.78, 5) is 11.0. The zero-order valence-corrected chi connectivity index (χ0v) is 7.63. The van der Waals surface area contributed by atoms with E-state index in [4.69, 9.17) is 4.42 Å². The van der Waals surface area contributed by atoms with E-state index < -0.39 is 0 Å². The van der Waals surface area contributed by atoms with Crippen LogP contribution in [0.3, 0.4) is 0 Å². The highest BCUT2D eigenvalue weighted by molar-refractivity contribution is 5.96. The van der Waals surface area contributed by atoms with Gasteiger partial charge in [0.2, 0.25) is 0 Å². The van der Waals surface area contributed by atoms with Crippen molar-refractivity contribution >= 4 is 16.8 Å². The molecule has 0 bridgehead atoms. The Morgan fingerprint density at radius 3 is 2.77 bits per heavy atom. The minimum atomic E-state index is -0.0335. The fraction of sp³-hybridized carbons (Fsp3) is 0.182. The molecule has 2 rings (SSSR count). The van der Waals surface area contributed by atoms with Crippen molar-refractivity contribution in [1.29, 1.82) is 0 Å². The average Bonchev–Trinajstić information content (AvgIpc) is 2.46. The Hall–Kier alpha value is -1.57. The minimum absolute atomic E-state index is 0.0335. The Labute approximate surface area is 76.2 Å². The van der Waals surface area contributed by atoms with Crippen molar-refractivity contribution in [2.24, 2.45) is 0 Å². The summed E-state index contributed by atoms with van der Waals surface area (Å²) in [5.74, 6) is 0.398. The van der Waals surface area contributed by atoms with Gasteiger partial charge in [-0.15, -0.1) is 0 Å². The third kappa shape index (κ3) is 1.35. The molecule has 0 aliphatic carbocycles. The first kappa shape index (κ1) is 8.05. The monoisotopic (exact) mass is 174 g/mol. The van der Waals surface area contributed by atoms with Crippen molar-refractivity contribution in [2.75, 3.05) is 0 Å². The van der Waals surface area contributed by atoms with Crippen molar-refractivity contribution in [3.8, 4) is 0 Å². The second-order valence-corrected chi connectivity index (χ2v) is 3.21. The van der Waals surface area contributed by atoms with E-state index in [1.54, 1.807) is 6.07 Å². The van der Waals surface area contributed by atoms with Crippen LogP contribution in [0.2, 0.25) is 0 Å². The minimum Gasteiger partial charge on any atom is -0.453 e. The third-order valence-corrected chi connectivity index (χ3v) is 2.02. The predicted octanol–water partition coefficient (Wildman–Crippen LogP) is 2.94. The quantitative estimate of drug-likeness (QED) is 0.622. The molecular formula is C11H10O2. The standard InChI is InChI=1S/C11H10O2/c1-7-3-4-9-6-10(8(2)12)13-11(9)5-7/h3-6H,1-2H3. The van der Waals surface area contributed by atoms with E-state index >= 15 is 0 Å². The maximum Gasteiger partial charge on any atom is 0.194 e. The van der Waals surface area contributed by atoms with Gasteiger partial charge in [-0.1, -0.05) is 12.1 Å². The molecule has 66 valence electrons. The van der Waals surface area contributed by atoms with Gasteiger partial charge in [-0.2, -0.15) is 0 Å². The van der Waals surface area contributed by atoms with Gasteiger partial charge in [0.05, 0.1) is 0 Å². The summed E-state index contributed by atoms with van der Waals surface area (Å²) in [5, 5.41) is 0.982. The van der Waals surface area contributed by atoms with Crippen LogP contribution in [0.5, 0.6) is 0 Å². The van der Waals surface area contributed by atoms with E-state index in [0.717, 1.165) is 16.5 Å². The van der Waals surface area contributed by atoms with Crippen molar-refractivity contribution in [3.63, 3.8) is 0 Å². The Morgan fingerprint density at radius 2 is 2.08 bits per heavy atom. The molecule has 0 aliphatic rings. The largest absolute Gasteiger partial charge is 0.453 e. The number of hydrogen-bond donors (Lipinski definition) is 0. The molecular weight excluding hydrogens is 164 g/mol. The van der Waals surface area contributed by atoms with Crippen molar-refractivity contribution in [1.82, 2.24) is 0 Å². The van der Waals surface area contributed by atoms with E-state index in [2.05, 4.69) is 0 Å². The maximum absolute atomic E-state index is 11.0. The summed E-state index contributed by atoms with van der Waals surface area (Å²) >= 11 is 0. The molecule has 0 fully saturated rings. The number of hydrogen-bond acceptors (Lipinski definition) is 2. The van der Waals surface area contributed by atoms with Crippen molar-refractivity contribution in [3.05, 3.63) is 35.6 Å². The Balaban J connectivity index is 2.68. The molecule has 1 aromatic carbocycles. The molecule has 13 heavy (non-hydrogen) atoms. The summed E-state index contributed by atoms with van der Waals surface area (Å²) < 4.78 is 5.36. The van der Waals surface area contributed by atoms with Gasteiger partial charge < -0.3 is 4.42 Å². The van der Waals surface area contributed by atoms with E-state index in [0.29, 0.717) is 5.76 Å². The molecule has 1 aromatic heterocycles. The van der Waals surface area contributed by atoms with Crippen LogP contribution in [0.25, 0.3) is 11.0 Å². The molecule has 0 aliphatic heterocycles. The first-order valence-electron chi connectivity index (χ1n) is 4.18. The smallest absolute Gasteiger partial charge is 0.194 e. The lowest BCUT2D eigenvalue weighted by atomic mass is 10.2. The molecule has 2 aromatic rings. The van der Waals surface area contributed by atoms with Crippen LogP contribution in [0.15, 0.2) is 28.7 Å². The van der Waals surface area contributed by atoms with Crippen molar-refractivity contribution < 1.29 is 9.21 Å². The number of carbonyl (C=O) groups is 1. The maximum atomic E-state index is 11.0. The Bertz CT molecular complexity index is 466. The molecule has 0 saturated heterocycles. The fourth-order valence-corrected chi connectivity index (χ4v) is 1.31. The van der Waals surface area contributed by atoms with Gasteiger partial charge in [-0.05, 0) is 24.6 Å². The highest BCUT2D eigenvalue weighted by Gasteiger charge is 2.06. The summed E-state index contributed by atoms with van der Waals surface area (Å²) in [6, 6.07) is 7.67. The second-order valence-electron chi connectivity index (χ2n) is 3.21. The SMILES string of the molecule is CC(=O)c1cc2ccc(C)cc2o1. The molecule has 0 saturated carbocycles. The van der Waals surface area contributed by atoms with Crippen LogP contribution in [0.1, 0.15) is 23.0 Å². The Morgan fingerprint density at radius 1 is 1.31 bits per heavy atom. The molecule has 0 amide bonds. The molecule has 0 N–H and O–H groups in total. The van der Waals surface area contributed by atoms with E-state index in [1.807, 2.05) is 25.1 Å². The zero-order chi connectivity index (χ0) is 9.42. The number of carbonyl (C=O) groups excluding carboxylic acids is 1. The second kappa shape index (κ2) is 2.73. The number of Topliss-reactive ketones (excluding diaryl/α,β-unsaturated/α-hetero) is 1. The first-order chi connectivity index (χ1) is 6.16. The molecule has 0 spiro atoms. The molecule has 0 atom stereocenters. The number of aryl methyl sites for hydroxylation is 1. The third-order valence-electron chi connectivity index (χ3n) is 2.02. The van der Waals surface area contributed by atoms with Gasteiger partial charge in [0, 0.05) is 12.3 Å². The summed E-state index contributed by atoms with van der Waals surface area (Å²) in [7, 11) is 0. The van der Waals surface area contributed by atoms with E-state index in [1.165, 1.54) is 6.92 Å². The number of fused-ring (bicyclic) bond motifs is 1. The highest BCUT2D eigenvalue weighted by Crippen LogP contribution is 2.20. The van der Waals surface area contributed by atoms with Gasteiger partial charge in [0.15, 0.2) is 11.5 Å². The van der Waals surface area contributed by atoms with Crippen LogP contribution in [-0.2, 0) is 0 Å². The van der Waals surface area contributed by atoms with Crippen LogP contribution in [0, 0.1) is 6.92 Å². The predicted molar refractivity (Wildman–Crippen MR) is 51.0 cm³/mol. The van der Waals surface area contributed by atoms with Gasteiger partial charge in [-0.3, -0.25) is 4.79 Å². The first-order valence-corrected chi connectivity index (χ1v) is 4.18. The van der Waals surface area contributed by atoms with Crippen molar-refractivity contribution in [2.45, 2.75) is 13.8 Å². The van der Waals surface area contributed by atoms with E-state index in [-0.39, 0.29) is 5.78 Å². The van der Waals surface area contributed by atoms with E-state index in [9.17, 15) is 4.79 Å². The summed E-state index contributed by atoms with van der Waals surface area (Å²) in [6.07, 6.45) is 0. The molecule has 2 heteroatoms. The van der Waals surface area contributed by atoms with Crippen LogP contribution < -0.4 is 0 Å². The Kier molecular flexibility index (Phi) is 1.69. The highest BCUT2D eigenvalue weighted by atomic mass is 16.3.